The van der Waals surface area contributed by atoms with Crippen LogP contribution in [0.15, 0.2) is 36.4 Å². The number of halogens is 1. The second kappa shape index (κ2) is 5.38. The summed E-state index contributed by atoms with van der Waals surface area (Å²) in [6, 6.07) is 6.51. The molecule has 2 unspecified atom stereocenters. The smallest absolute Gasteiger partial charge is 0.269 e. The van der Waals surface area contributed by atoms with Gasteiger partial charge in [-0.05, 0) is 54.9 Å². The highest BCUT2D eigenvalue weighted by molar-refractivity contribution is 6.30. The molecular weight excluding hydrogens is 312 g/mol. The first-order chi connectivity index (χ1) is 10.8. The first-order valence-electron chi connectivity index (χ1n) is 7.83. The van der Waals surface area contributed by atoms with Gasteiger partial charge in [-0.3, -0.25) is 20.4 Å². The molecule has 122 valence electrons. The van der Waals surface area contributed by atoms with Crippen molar-refractivity contribution in [3.05, 3.63) is 47.0 Å². The van der Waals surface area contributed by atoms with Crippen LogP contribution < -0.4 is 10.9 Å². The minimum Gasteiger partial charge on any atom is -0.272 e. The van der Waals surface area contributed by atoms with Crippen molar-refractivity contribution in [3.8, 4) is 0 Å². The van der Waals surface area contributed by atoms with Gasteiger partial charge in [-0.2, -0.15) is 0 Å². The van der Waals surface area contributed by atoms with Gasteiger partial charge in [0.2, 0.25) is 5.91 Å². The maximum absolute atomic E-state index is 12.7. The first kappa shape index (κ1) is 16.1. The highest BCUT2D eigenvalue weighted by atomic mass is 35.5. The third-order valence-corrected chi connectivity index (χ3v) is 5.97. The fourth-order valence-electron chi connectivity index (χ4n) is 4.05. The van der Waals surface area contributed by atoms with Crippen LogP contribution >= 0.6 is 11.6 Å². The van der Waals surface area contributed by atoms with Gasteiger partial charge in [-0.1, -0.05) is 37.6 Å². The molecule has 1 aromatic carbocycles. The van der Waals surface area contributed by atoms with E-state index in [4.69, 9.17) is 11.6 Å². The van der Waals surface area contributed by atoms with Crippen LogP contribution in [0.1, 0.15) is 43.5 Å². The predicted molar refractivity (Wildman–Crippen MR) is 89.8 cm³/mol. The fraction of sp³-hybridized carbons (Fsp3) is 0.444. The summed E-state index contributed by atoms with van der Waals surface area (Å²) in [5.41, 5.74) is 5.96. The van der Waals surface area contributed by atoms with Crippen LogP contribution in [0, 0.1) is 16.7 Å². The van der Waals surface area contributed by atoms with Crippen molar-refractivity contribution in [1.82, 2.24) is 10.9 Å². The van der Waals surface area contributed by atoms with E-state index in [1.54, 1.807) is 24.3 Å². The van der Waals surface area contributed by atoms with E-state index >= 15 is 0 Å². The lowest BCUT2D eigenvalue weighted by atomic mass is 9.68. The predicted octanol–water partition coefficient (Wildman–Crippen LogP) is 3.48. The lowest BCUT2D eigenvalue weighted by Gasteiger charge is -2.37. The average Bonchev–Trinajstić information content (AvgIpc) is 3.05. The Balaban J connectivity index is 1.67. The van der Waals surface area contributed by atoms with Gasteiger partial charge >= 0.3 is 0 Å². The van der Waals surface area contributed by atoms with Gasteiger partial charge in [-0.15, -0.1) is 0 Å². The Kier molecular flexibility index (Phi) is 3.75. The summed E-state index contributed by atoms with van der Waals surface area (Å²) in [4.78, 5) is 24.8. The molecule has 5 heteroatoms. The SMILES string of the molecule is C=C1C2(C(=O)NNC(=O)c3ccc(Cl)cc3)CCC(C2)C1(C)C. The normalized spacial score (nSPS) is 27.8. The van der Waals surface area contributed by atoms with Crippen molar-refractivity contribution in [2.45, 2.75) is 33.1 Å². The maximum Gasteiger partial charge on any atom is 0.269 e. The molecule has 0 aliphatic heterocycles. The zero-order valence-electron chi connectivity index (χ0n) is 13.4. The topological polar surface area (TPSA) is 58.2 Å². The number of fused-ring (bicyclic) bond motifs is 2. The molecular formula is C18H21ClN2O2. The van der Waals surface area contributed by atoms with E-state index in [1.165, 1.54) is 0 Å². The zero-order valence-corrected chi connectivity index (χ0v) is 14.2. The standard InChI is InChI=1S/C18H21ClN2O2/c1-11-17(2,3)13-8-9-18(11,10-13)16(23)21-20-15(22)12-4-6-14(19)7-5-12/h4-7,13H,1,8-10H2,2-3H3,(H,20,22)(H,21,23). The summed E-state index contributed by atoms with van der Waals surface area (Å²) in [6.07, 6.45) is 2.66. The molecule has 2 saturated carbocycles. The molecule has 2 amide bonds. The van der Waals surface area contributed by atoms with Gasteiger partial charge in [0.25, 0.3) is 5.91 Å². The highest BCUT2D eigenvalue weighted by Crippen LogP contribution is 2.65. The fourth-order valence-corrected chi connectivity index (χ4v) is 4.17. The maximum atomic E-state index is 12.7. The van der Waals surface area contributed by atoms with Gasteiger partial charge in [0.15, 0.2) is 0 Å². The number of carbonyl (C=O) groups is 2. The second-order valence-electron chi connectivity index (χ2n) is 7.14. The van der Waals surface area contributed by atoms with Crippen LogP contribution in [0.4, 0.5) is 0 Å². The molecule has 2 aliphatic carbocycles. The number of benzene rings is 1. The van der Waals surface area contributed by atoms with E-state index in [9.17, 15) is 9.59 Å². The Bertz CT molecular complexity index is 681. The van der Waals surface area contributed by atoms with E-state index in [0.29, 0.717) is 16.5 Å². The Morgan fingerprint density at radius 3 is 2.43 bits per heavy atom. The van der Waals surface area contributed by atoms with Crippen LogP contribution in [-0.2, 0) is 4.79 Å². The average molecular weight is 333 g/mol. The molecule has 0 saturated heterocycles. The molecule has 3 rings (SSSR count). The van der Waals surface area contributed by atoms with Crippen molar-refractivity contribution >= 4 is 23.4 Å². The molecule has 2 bridgehead atoms. The monoisotopic (exact) mass is 332 g/mol. The number of hydrogen-bond donors (Lipinski definition) is 2. The van der Waals surface area contributed by atoms with Gasteiger partial charge < -0.3 is 0 Å². The second-order valence-corrected chi connectivity index (χ2v) is 7.57. The van der Waals surface area contributed by atoms with Crippen molar-refractivity contribution in [2.75, 3.05) is 0 Å². The minimum atomic E-state index is -0.540. The number of hydrazine groups is 1. The lowest BCUT2D eigenvalue weighted by molar-refractivity contribution is -0.129. The number of amides is 2. The molecule has 2 fully saturated rings. The first-order valence-corrected chi connectivity index (χ1v) is 8.21. The molecule has 1 aromatic rings. The zero-order chi connectivity index (χ0) is 16.8. The molecule has 4 nitrogen and oxygen atoms in total. The van der Waals surface area contributed by atoms with Gasteiger partial charge in [0.1, 0.15) is 0 Å². The summed E-state index contributed by atoms with van der Waals surface area (Å²) >= 11 is 5.80. The van der Waals surface area contributed by atoms with Crippen molar-refractivity contribution in [2.24, 2.45) is 16.7 Å². The van der Waals surface area contributed by atoms with Crippen LogP contribution in [0.5, 0.6) is 0 Å². The Morgan fingerprint density at radius 1 is 1.22 bits per heavy atom. The number of hydrogen-bond acceptors (Lipinski definition) is 2. The summed E-state index contributed by atoms with van der Waals surface area (Å²) in [5.74, 6) is -0.0190. The van der Waals surface area contributed by atoms with Gasteiger partial charge in [-0.25, -0.2) is 0 Å². The van der Waals surface area contributed by atoms with Crippen molar-refractivity contribution < 1.29 is 9.59 Å². The van der Waals surface area contributed by atoms with Crippen LogP contribution in [0.2, 0.25) is 5.02 Å². The Morgan fingerprint density at radius 2 is 1.87 bits per heavy atom. The van der Waals surface area contributed by atoms with Crippen LogP contribution in [0.25, 0.3) is 0 Å². The molecule has 2 aliphatic rings. The van der Waals surface area contributed by atoms with E-state index in [1.807, 2.05) is 0 Å². The summed E-state index contributed by atoms with van der Waals surface area (Å²) in [7, 11) is 0. The highest BCUT2D eigenvalue weighted by Gasteiger charge is 2.60. The lowest BCUT2D eigenvalue weighted by Crippen LogP contribution is -2.49. The summed E-state index contributed by atoms with van der Waals surface area (Å²) in [6.45, 7) is 8.50. The Hall–Kier alpha value is -1.81. The number of carbonyl (C=O) groups excluding carboxylic acids is 2. The van der Waals surface area contributed by atoms with Crippen molar-refractivity contribution in [1.29, 1.82) is 0 Å². The third-order valence-electron chi connectivity index (χ3n) is 5.72. The molecule has 2 atom stereocenters. The number of rotatable bonds is 2. The number of nitrogens with one attached hydrogen (secondary N) is 2. The van der Waals surface area contributed by atoms with Crippen LogP contribution in [-0.4, -0.2) is 11.8 Å². The molecule has 23 heavy (non-hydrogen) atoms. The van der Waals surface area contributed by atoms with E-state index in [0.717, 1.165) is 24.8 Å². The minimum absolute atomic E-state index is 0.0181. The summed E-state index contributed by atoms with van der Waals surface area (Å²) in [5, 5.41) is 0.561. The van der Waals surface area contributed by atoms with E-state index in [-0.39, 0.29) is 17.2 Å². The molecule has 0 radical (unpaired) electrons. The van der Waals surface area contributed by atoms with Crippen LogP contribution in [0.3, 0.4) is 0 Å². The molecule has 2 N–H and O–H groups in total. The summed E-state index contributed by atoms with van der Waals surface area (Å²) < 4.78 is 0. The van der Waals surface area contributed by atoms with Gasteiger partial charge in [0, 0.05) is 10.6 Å². The van der Waals surface area contributed by atoms with Crippen molar-refractivity contribution in [3.63, 3.8) is 0 Å². The largest absolute Gasteiger partial charge is 0.272 e. The van der Waals surface area contributed by atoms with Gasteiger partial charge in [0.05, 0.1) is 5.41 Å². The molecule has 0 aromatic heterocycles. The molecule has 0 heterocycles. The van der Waals surface area contributed by atoms with E-state index < -0.39 is 5.41 Å². The third kappa shape index (κ3) is 2.45. The quantitative estimate of drug-likeness (QED) is 0.643. The molecule has 0 spiro atoms. The van der Waals surface area contributed by atoms with E-state index in [2.05, 4.69) is 31.3 Å². The Labute approximate surface area is 141 Å².